The number of esters is 1. The maximum atomic E-state index is 12.3. The van der Waals surface area contributed by atoms with Crippen molar-refractivity contribution in [3.63, 3.8) is 0 Å². The first-order valence-electron chi connectivity index (χ1n) is 6.45. The Kier molecular flexibility index (Phi) is 4.36. The molecule has 1 aromatic heterocycles. The molecule has 0 bridgehead atoms. The molecule has 7 nitrogen and oxygen atoms in total. The van der Waals surface area contributed by atoms with E-state index in [1.165, 1.54) is 0 Å². The summed E-state index contributed by atoms with van der Waals surface area (Å²) in [5, 5.41) is 11.0. The van der Waals surface area contributed by atoms with Gasteiger partial charge in [-0.05, 0) is 12.5 Å². The van der Waals surface area contributed by atoms with Crippen molar-refractivity contribution in [3.05, 3.63) is 73.7 Å². The van der Waals surface area contributed by atoms with Gasteiger partial charge in [0.1, 0.15) is 5.56 Å². The molecular formula is C15H14N2O5. The first-order chi connectivity index (χ1) is 10.4. The van der Waals surface area contributed by atoms with E-state index in [1.807, 2.05) is 31.2 Å². The number of nitrogens with zero attached hydrogens (tertiary/aromatic N) is 2. The van der Waals surface area contributed by atoms with Crippen molar-refractivity contribution >= 4 is 11.7 Å². The van der Waals surface area contributed by atoms with Crippen molar-refractivity contribution in [2.24, 2.45) is 0 Å². The molecular weight excluding hydrogens is 288 g/mol. The summed E-state index contributed by atoms with van der Waals surface area (Å²) in [5.74, 6) is -0.897. The Balaban J connectivity index is 2.51. The molecule has 0 aliphatic rings. The van der Waals surface area contributed by atoms with E-state index in [-0.39, 0.29) is 17.8 Å². The minimum absolute atomic E-state index is 0.130. The smallest absolute Gasteiger partial charge is 0.343 e. The Bertz CT molecular complexity index is 778. The van der Waals surface area contributed by atoms with E-state index in [4.69, 9.17) is 0 Å². The fourth-order valence-electron chi connectivity index (χ4n) is 1.98. The molecule has 0 aliphatic carbocycles. The van der Waals surface area contributed by atoms with Crippen molar-refractivity contribution in [1.82, 2.24) is 4.57 Å². The first-order valence-corrected chi connectivity index (χ1v) is 6.45. The number of benzene rings is 1. The lowest BCUT2D eigenvalue weighted by atomic mass is 10.1. The average molecular weight is 302 g/mol. The fraction of sp³-hybridized carbons (Fsp3) is 0.200. The van der Waals surface area contributed by atoms with Crippen LogP contribution in [0.1, 0.15) is 21.5 Å². The van der Waals surface area contributed by atoms with Crippen LogP contribution in [0.25, 0.3) is 0 Å². The molecule has 22 heavy (non-hydrogen) atoms. The topological polar surface area (TPSA) is 91.4 Å². The van der Waals surface area contributed by atoms with E-state index >= 15 is 0 Å². The molecule has 0 saturated heterocycles. The van der Waals surface area contributed by atoms with Gasteiger partial charge in [0.15, 0.2) is 0 Å². The van der Waals surface area contributed by atoms with Gasteiger partial charge in [-0.2, -0.15) is 0 Å². The van der Waals surface area contributed by atoms with E-state index in [1.54, 1.807) is 0 Å². The quantitative estimate of drug-likeness (QED) is 0.488. The lowest BCUT2D eigenvalue weighted by Gasteiger charge is -2.08. The van der Waals surface area contributed by atoms with Gasteiger partial charge in [-0.25, -0.2) is 4.79 Å². The van der Waals surface area contributed by atoms with E-state index in [0.717, 1.165) is 35.1 Å². The number of nitro groups is 1. The molecule has 7 heteroatoms. The minimum atomic E-state index is -0.897. The van der Waals surface area contributed by atoms with Crippen LogP contribution in [0.4, 0.5) is 5.69 Å². The number of methoxy groups -OCH3 is 1. The van der Waals surface area contributed by atoms with Gasteiger partial charge in [-0.3, -0.25) is 14.9 Å². The highest BCUT2D eigenvalue weighted by Crippen LogP contribution is 2.13. The second-order valence-corrected chi connectivity index (χ2v) is 4.78. The molecule has 0 radical (unpaired) electrons. The molecule has 0 atom stereocenters. The third kappa shape index (κ3) is 3.20. The lowest BCUT2D eigenvalue weighted by Crippen LogP contribution is -2.27. The molecule has 1 heterocycles. The zero-order chi connectivity index (χ0) is 16.3. The molecule has 1 aromatic carbocycles. The summed E-state index contributed by atoms with van der Waals surface area (Å²) in [4.78, 5) is 34.2. The maximum absolute atomic E-state index is 12.3. The molecule has 0 aliphatic heterocycles. The van der Waals surface area contributed by atoms with E-state index < -0.39 is 16.5 Å². The molecule has 2 rings (SSSR count). The van der Waals surface area contributed by atoms with Gasteiger partial charge in [0.25, 0.3) is 11.2 Å². The number of aryl methyl sites for hydroxylation is 1. The summed E-state index contributed by atoms with van der Waals surface area (Å²) in [6, 6.07) is 8.31. The monoisotopic (exact) mass is 302 g/mol. The van der Waals surface area contributed by atoms with Crippen molar-refractivity contribution in [2.45, 2.75) is 13.5 Å². The Hall–Kier alpha value is -2.96. The second-order valence-electron chi connectivity index (χ2n) is 4.78. The van der Waals surface area contributed by atoms with E-state index in [0.29, 0.717) is 0 Å². The van der Waals surface area contributed by atoms with E-state index in [2.05, 4.69) is 4.74 Å². The van der Waals surface area contributed by atoms with Crippen molar-refractivity contribution in [3.8, 4) is 0 Å². The summed E-state index contributed by atoms with van der Waals surface area (Å²) in [7, 11) is 1.12. The molecule has 0 fully saturated rings. The summed E-state index contributed by atoms with van der Waals surface area (Å²) >= 11 is 0. The van der Waals surface area contributed by atoms with Crippen LogP contribution in [0.3, 0.4) is 0 Å². The third-order valence-corrected chi connectivity index (χ3v) is 3.16. The van der Waals surface area contributed by atoms with Gasteiger partial charge in [-0.15, -0.1) is 0 Å². The standard InChI is InChI=1S/C15H14N2O5/c1-10-3-5-11(6-4-10)8-16-9-12(17(20)21)7-13(14(16)18)15(19)22-2/h3-7,9H,8H2,1-2H3. The predicted molar refractivity (Wildman–Crippen MR) is 79.0 cm³/mol. The van der Waals surface area contributed by atoms with Crippen molar-refractivity contribution < 1.29 is 14.5 Å². The number of carbonyl (C=O) groups excluding carboxylic acids is 1. The minimum Gasteiger partial charge on any atom is -0.465 e. The molecule has 0 unspecified atom stereocenters. The molecule has 0 spiro atoms. The Morgan fingerprint density at radius 2 is 1.95 bits per heavy atom. The van der Waals surface area contributed by atoms with Crippen LogP contribution in [-0.2, 0) is 11.3 Å². The van der Waals surface area contributed by atoms with Crippen LogP contribution in [0.15, 0.2) is 41.3 Å². The molecule has 0 saturated carbocycles. The maximum Gasteiger partial charge on any atom is 0.343 e. The predicted octanol–water partition coefficient (Wildman–Crippen LogP) is 1.90. The highest BCUT2D eigenvalue weighted by Gasteiger charge is 2.19. The number of carbonyl (C=O) groups is 1. The summed E-state index contributed by atoms with van der Waals surface area (Å²) in [5.41, 5.74) is 0.531. The average Bonchev–Trinajstić information content (AvgIpc) is 2.50. The normalized spacial score (nSPS) is 10.3. The zero-order valence-corrected chi connectivity index (χ0v) is 12.1. The largest absolute Gasteiger partial charge is 0.465 e. The number of ether oxygens (including phenoxy) is 1. The van der Waals surface area contributed by atoms with Crippen LogP contribution >= 0.6 is 0 Å². The zero-order valence-electron chi connectivity index (χ0n) is 12.1. The van der Waals surface area contributed by atoms with Crippen LogP contribution in [-0.4, -0.2) is 22.6 Å². The van der Waals surface area contributed by atoms with Crippen molar-refractivity contribution in [1.29, 1.82) is 0 Å². The highest BCUT2D eigenvalue weighted by atomic mass is 16.6. The second kappa shape index (κ2) is 6.21. The number of hydrogen-bond acceptors (Lipinski definition) is 5. The fourth-order valence-corrected chi connectivity index (χ4v) is 1.98. The van der Waals surface area contributed by atoms with Crippen molar-refractivity contribution in [2.75, 3.05) is 7.11 Å². The third-order valence-electron chi connectivity index (χ3n) is 3.16. The first kappa shape index (κ1) is 15.4. The Labute approximate surface area is 125 Å². The van der Waals surface area contributed by atoms with E-state index in [9.17, 15) is 19.7 Å². The number of pyridine rings is 1. The number of aromatic nitrogens is 1. The molecule has 0 amide bonds. The molecule has 114 valence electrons. The van der Waals surface area contributed by atoms with Gasteiger partial charge in [0.05, 0.1) is 24.8 Å². The van der Waals surface area contributed by atoms with Gasteiger partial charge in [0.2, 0.25) is 0 Å². The van der Waals surface area contributed by atoms with Gasteiger partial charge in [-0.1, -0.05) is 29.8 Å². The van der Waals surface area contributed by atoms with Crippen LogP contribution < -0.4 is 5.56 Å². The summed E-state index contributed by atoms with van der Waals surface area (Å²) in [6.45, 7) is 2.06. The summed E-state index contributed by atoms with van der Waals surface area (Å²) in [6.07, 6.45) is 1.12. The van der Waals surface area contributed by atoms with Gasteiger partial charge in [0, 0.05) is 6.07 Å². The van der Waals surface area contributed by atoms with Gasteiger partial charge >= 0.3 is 5.97 Å². The van der Waals surface area contributed by atoms with Crippen LogP contribution in [0.5, 0.6) is 0 Å². The number of hydrogen-bond donors (Lipinski definition) is 0. The molecule has 2 aromatic rings. The molecule has 0 N–H and O–H groups in total. The Morgan fingerprint density at radius 1 is 1.32 bits per heavy atom. The van der Waals surface area contributed by atoms with Crippen LogP contribution in [0.2, 0.25) is 0 Å². The van der Waals surface area contributed by atoms with Gasteiger partial charge < -0.3 is 9.30 Å². The number of rotatable bonds is 4. The Morgan fingerprint density at radius 3 is 2.50 bits per heavy atom. The lowest BCUT2D eigenvalue weighted by molar-refractivity contribution is -0.385. The van der Waals surface area contributed by atoms with Crippen LogP contribution in [0, 0.1) is 17.0 Å². The highest BCUT2D eigenvalue weighted by molar-refractivity contribution is 5.89. The summed E-state index contributed by atoms with van der Waals surface area (Å²) < 4.78 is 5.63. The SMILES string of the molecule is COC(=O)c1cc([N+](=O)[O-])cn(Cc2ccc(C)cc2)c1=O.